The fourth-order valence-electron chi connectivity index (χ4n) is 4.55. The molecule has 21 heavy (non-hydrogen) atoms. The third-order valence-electron chi connectivity index (χ3n) is 5.66. The summed E-state index contributed by atoms with van der Waals surface area (Å²) >= 11 is 0. The molecule has 3 rings (SSSR count). The van der Waals surface area contributed by atoms with Gasteiger partial charge in [0.25, 0.3) is 0 Å². The van der Waals surface area contributed by atoms with Crippen LogP contribution in [0.1, 0.15) is 64.7 Å². The zero-order valence-corrected chi connectivity index (χ0v) is 13.2. The van der Waals surface area contributed by atoms with E-state index < -0.39 is 5.54 Å². The van der Waals surface area contributed by atoms with Crippen LogP contribution in [0.2, 0.25) is 0 Å². The second-order valence-corrected chi connectivity index (χ2v) is 7.48. The number of amides is 2. The van der Waals surface area contributed by atoms with Gasteiger partial charge in [0.15, 0.2) is 0 Å². The predicted molar refractivity (Wildman–Crippen MR) is 81.7 cm³/mol. The molecule has 1 heterocycles. The summed E-state index contributed by atoms with van der Waals surface area (Å²) in [5.74, 6) is 1.67. The van der Waals surface area contributed by atoms with E-state index in [9.17, 15) is 9.59 Å². The zero-order chi connectivity index (χ0) is 14.9. The minimum atomic E-state index is -0.562. The average molecular weight is 292 g/mol. The molecule has 1 aliphatic heterocycles. The molecule has 2 atom stereocenters. The van der Waals surface area contributed by atoms with Crippen LogP contribution >= 0.6 is 0 Å². The minimum Gasteiger partial charge on any atom is -0.342 e. The molecule has 2 aliphatic carbocycles. The lowest BCUT2D eigenvalue weighted by molar-refractivity contribution is -0.139. The molecular weight excluding hydrogens is 264 g/mol. The van der Waals surface area contributed by atoms with Crippen LogP contribution in [-0.4, -0.2) is 35.3 Å². The first-order chi connectivity index (χ1) is 10.1. The van der Waals surface area contributed by atoms with E-state index in [1.54, 1.807) is 0 Å². The first-order valence-corrected chi connectivity index (χ1v) is 8.69. The zero-order valence-electron chi connectivity index (χ0n) is 13.2. The molecule has 3 aliphatic rings. The largest absolute Gasteiger partial charge is 0.342 e. The van der Waals surface area contributed by atoms with E-state index in [1.807, 2.05) is 4.90 Å². The first kappa shape index (κ1) is 14.9. The van der Waals surface area contributed by atoms with Gasteiger partial charge in [-0.25, -0.2) is 0 Å². The van der Waals surface area contributed by atoms with Crippen molar-refractivity contribution in [2.75, 3.05) is 13.1 Å². The standard InChI is InChI=1S/C17H28N2O2/c1-13-5-4-6-14(11-13)12-19-10-7-15(20)18-17(16(19)21)8-2-3-9-17/h13-14H,2-12H2,1H3,(H,18,20). The van der Waals surface area contributed by atoms with Crippen LogP contribution in [0.15, 0.2) is 0 Å². The van der Waals surface area contributed by atoms with Crippen molar-refractivity contribution in [3.63, 3.8) is 0 Å². The summed E-state index contributed by atoms with van der Waals surface area (Å²) in [6.07, 6.45) is 9.33. The van der Waals surface area contributed by atoms with Gasteiger partial charge in [-0.3, -0.25) is 9.59 Å². The van der Waals surface area contributed by atoms with Crippen LogP contribution in [0, 0.1) is 11.8 Å². The van der Waals surface area contributed by atoms with Crippen molar-refractivity contribution >= 4 is 11.8 Å². The highest BCUT2D eigenvalue weighted by Crippen LogP contribution is 2.35. The van der Waals surface area contributed by atoms with Crippen molar-refractivity contribution in [1.29, 1.82) is 0 Å². The Hall–Kier alpha value is -1.06. The van der Waals surface area contributed by atoms with Crippen LogP contribution in [0.3, 0.4) is 0 Å². The van der Waals surface area contributed by atoms with Gasteiger partial charge >= 0.3 is 0 Å². The van der Waals surface area contributed by atoms with Gasteiger partial charge in [0.1, 0.15) is 5.54 Å². The van der Waals surface area contributed by atoms with Crippen molar-refractivity contribution in [1.82, 2.24) is 10.2 Å². The minimum absolute atomic E-state index is 0.0600. The second-order valence-electron chi connectivity index (χ2n) is 7.48. The van der Waals surface area contributed by atoms with Crippen molar-refractivity contribution < 1.29 is 9.59 Å². The molecule has 2 saturated carbocycles. The lowest BCUT2D eigenvalue weighted by atomic mass is 9.82. The molecule has 2 amide bonds. The Bertz CT molecular complexity index is 415. The Kier molecular flexibility index (Phi) is 4.23. The highest BCUT2D eigenvalue weighted by Gasteiger charge is 2.46. The summed E-state index contributed by atoms with van der Waals surface area (Å²) in [6.45, 7) is 3.79. The van der Waals surface area contributed by atoms with Gasteiger partial charge in [0, 0.05) is 19.5 Å². The Labute approximate surface area is 127 Å². The molecule has 3 fully saturated rings. The Morgan fingerprint density at radius 2 is 1.95 bits per heavy atom. The van der Waals surface area contributed by atoms with E-state index in [0.29, 0.717) is 18.9 Å². The van der Waals surface area contributed by atoms with Gasteiger partial charge in [-0.05, 0) is 37.5 Å². The maximum Gasteiger partial charge on any atom is 0.248 e. The number of nitrogens with one attached hydrogen (secondary N) is 1. The molecular formula is C17H28N2O2. The number of rotatable bonds is 2. The maximum atomic E-state index is 13.0. The molecule has 0 radical (unpaired) electrons. The summed E-state index contributed by atoms with van der Waals surface area (Å²) in [6, 6.07) is 0. The Morgan fingerprint density at radius 3 is 2.67 bits per heavy atom. The summed E-state index contributed by atoms with van der Waals surface area (Å²) in [7, 11) is 0. The lowest BCUT2D eigenvalue weighted by Gasteiger charge is -2.35. The molecule has 2 unspecified atom stereocenters. The molecule has 1 saturated heterocycles. The monoisotopic (exact) mass is 292 g/mol. The summed E-state index contributed by atoms with van der Waals surface area (Å²) in [5, 5.41) is 3.05. The number of carbonyl (C=O) groups is 2. The van der Waals surface area contributed by atoms with Crippen molar-refractivity contribution in [3.8, 4) is 0 Å². The topological polar surface area (TPSA) is 49.4 Å². The van der Waals surface area contributed by atoms with Crippen molar-refractivity contribution in [3.05, 3.63) is 0 Å². The van der Waals surface area contributed by atoms with E-state index in [2.05, 4.69) is 12.2 Å². The second kappa shape index (κ2) is 5.98. The molecule has 1 spiro atoms. The van der Waals surface area contributed by atoms with Crippen LogP contribution in [-0.2, 0) is 9.59 Å². The third-order valence-corrected chi connectivity index (χ3v) is 5.66. The molecule has 4 heteroatoms. The van der Waals surface area contributed by atoms with Crippen LogP contribution in [0.5, 0.6) is 0 Å². The van der Waals surface area contributed by atoms with E-state index in [1.165, 1.54) is 25.7 Å². The number of hydrogen-bond acceptors (Lipinski definition) is 2. The van der Waals surface area contributed by atoms with Gasteiger partial charge in [-0.2, -0.15) is 0 Å². The molecule has 118 valence electrons. The third kappa shape index (κ3) is 3.09. The van der Waals surface area contributed by atoms with E-state index in [-0.39, 0.29) is 11.8 Å². The number of nitrogens with zero attached hydrogens (tertiary/aromatic N) is 1. The fraction of sp³-hybridized carbons (Fsp3) is 0.882. The van der Waals surface area contributed by atoms with E-state index >= 15 is 0 Å². The van der Waals surface area contributed by atoms with Crippen LogP contribution in [0.25, 0.3) is 0 Å². The molecule has 1 N–H and O–H groups in total. The van der Waals surface area contributed by atoms with Crippen LogP contribution < -0.4 is 5.32 Å². The summed E-state index contributed by atoms with van der Waals surface area (Å²) in [5.41, 5.74) is -0.562. The number of hydrogen-bond donors (Lipinski definition) is 1. The smallest absolute Gasteiger partial charge is 0.248 e. The molecule has 0 bridgehead atoms. The highest BCUT2D eigenvalue weighted by atomic mass is 16.2. The van der Waals surface area contributed by atoms with Crippen molar-refractivity contribution in [2.45, 2.75) is 70.3 Å². The fourth-order valence-corrected chi connectivity index (χ4v) is 4.55. The molecule has 4 nitrogen and oxygen atoms in total. The highest BCUT2D eigenvalue weighted by molar-refractivity contribution is 5.93. The maximum absolute atomic E-state index is 13.0. The molecule has 0 aromatic carbocycles. The average Bonchev–Trinajstić information content (AvgIpc) is 2.88. The van der Waals surface area contributed by atoms with Crippen LogP contribution in [0.4, 0.5) is 0 Å². The number of carbonyl (C=O) groups excluding carboxylic acids is 2. The predicted octanol–water partition coefficient (Wildman–Crippen LogP) is 2.47. The SMILES string of the molecule is CC1CCCC(CN2CCC(=O)NC3(CCCC3)C2=O)C1. The lowest BCUT2D eigenvalue weighted by Crippen LogP contribution is -2.56. The first-order valence-electron chi connectivity index (χ1n) is 8.69. The van der Waals surface area contributed by atoms with Gasteiger partial charge < -0.3 is 10.2 Å². The van der Waals surface area contributed by atoms with Gasteiger partial charge in [-0.1, -0.05) is 32.6 Å². The summed E-state index contributed by atoms with van der Waals surface area (Å²) < 4.78 is 0. The van der Waals surface area contributed by atoms with E-state index in [4.69, 9.17) is 0 Å². The normalized spacial score (nSPS) is 33.1. The van der Waals surface area contributed by atoms with Gasteiger partial charge in [0.05, 0.1) is 0 Å². The molecule has 0 aromatic heterocycles. The van der Waals surface area contributed by atoms with Gasteiger partial charge in [0.2, 0.25) is 11.8 Å². The summed E-state index contributed by atoms with van der Waals surface area (Å²) in [4.78, 5) is 27.0. The Morgan fingerprint density at radius 1 is 1.19 bits per heavy atom. The quantitative estimate of drug-likeness (QED) is 0.850. The van der Waals surface area contributed by atoms with Gasteiger partial charge in [-0.15, -0.1) is 0 Å². The Balaban J connectivity index is 1.71. The van der Waals surface area contributed by atoms with Crippen molar-refractivity contribution in [2.24, 2.45) is 11.8 Å². The molecule has 0 aromatic rings. The van der Waals surface area contributed by atoms with E-state index in [0.717, 1.165) is 38.1 Å².